The number of hydrogen-bond donors (Lipinski definition) is 0. The maximum Gasteiger partial charge on any atom is 0.332 e. The summed E-state index contributed by atoms with van der Waals surface area (Å²) in [4.78, 5) is 43.6. The molecule has 0 spiro atoms. The summed E-state index contributed by atoms with van der Waals surface area (Å²) in [5, 5.41) is 0. The Labute approximate surface area is 161 Å². The lowest BCUT2D eigenvalue weighted by Gasteiger charge is -2.30. The molecule has 2 aliphatic rings. The van der Waals surface area contributed by atoms with E-state index >= 15 is 0 Å². The Hall–Kier alpha value is -2.80. The van der Waals surface area contributed by atoms with Crippen molar-refractivity contribution >= 4 is 41.0 Å². The largest absolute Gasteiger partial charge is 0.332 e. The van der Waals surface area contributed by atoms with Gasteiger partial charge < -0.3 is 4.90 Å². The minimum Gasteiger partial charge on any atom is -0.309 e. The van der Waals surface area contributed by atoms with Gasteiger partial charge in [0.25, 0.3) is 5.91 Å². The lowest BCUT2D eigenvalue weighted by molar-refractivity contribution is -0.131. The molecule has 0 saturated carbocycles. The van der Waals surface area contributed by atoms with Gasteiger partial charge in [-0.1, -0.05) is 30.3 Å². The first-order valence-corrected chi connectivity index (χ1v) is 9.78. The topological polar surface area (TPSA) is 60.9 Å². The lowest BCUT2D eigenvalue weighted by Crippen LogP contribution is -2.45. The number of amides is 4. The molecule has 1 saturated heterocycles. The second kappa shape index (κ2) is 7.08. The molecule has 0 radical (unpaired) electrons. The Kier molecular flexibility index (Phi) is 4.61. The number of carbonyl (C=O) groups excluding carboxylic acids is 3. The first kappa shape index (κ1) is 17.6. The van der Waals surface area contributed by atoms with Crippen LogP contribution in [-0.4, -0.2) is 47.6 Å². The van der Waals surface area contributed by atoms with Crippen LogP contribution in [0.4, 0.5) is 16.2 Å². The number of benzene rings is 2. The predicted molar refractivity (Wildman–Crippen MR) is 105 cm³/mol. The molecule has 0 aromatic heterocycles. The normalized spacial score (nSPS) is 19.4. The SMILES string of the molecule is C[C@H]1C(=O)N(CC(=O)N2CCSc3ccccc32)C(=O)N1c1ccccc1. The average Bonchev–Trinajstić information content (AvgIpc) is 2.91. The summed E-state index contributed by atoms with van der Waals surface area (Å²) in [5.41, 5.74) is 1.49. The molecule has 1 fully saturated rings. The van der Waals surface area contributed by atoms with E-state index in [4.69, 9.17) is 0 Å². The molecule has 1 atom stereocenters. The molecule has 0 unspecified atom stereocenters. The molecular formula is C20H19N3O3S. The first-order valence-electron chi connectivity index (χ1n) is 8.80. The van der Waals surface area contributed by atoms with E-state index in [1.165, 1.54) is 4.90 Å². The standard InChI is InChI=1S/C20H19N3O3S/c1-14-19(25)22(20(26)23(14)15-7-3-2-4-8-15)13-18(24)21-11-12-27-17-10-6-5-9-16(17)21/h2-10,14H,11-13H2,1H3/t14-/m0/s1. The van der Waals surface area contributed by atoms with E-state index < -0.39 is 12.1 Å². The molecule has 2 aromatic rings. The summed E-state index contributed by atoms with van der Waals surface area (Å²) in [6.07, 6.45) is 0. The zero-order chi connectivity index (χ0) is 19.0. The maximum atomic E-state index is 12.9. The fraction of sp³-hybridized carbons (Fsp3) is 0.250. The van der Waals surface area contributed by atoms with Crippen LogP contribution in [0.2, 0.25) is 0 Å². The van der Waals surface area contributed by atoms with Crippen LogP contribution in [0.5, 0.6) is 0 Å². The van der Waals surface area contributed by atoms with Crippen molar-refractivity contribution in [3.8, 4) is 0 Å². The van der Waals surface area contributed by atoms with Gasteiger partial charge in [-0.25, -0.2) is 4.79 Å². The fourth-order valence-electron chi connectivity index (χ4n) is 3.44. The molecule has 0 bridgehead atoms. The zero-order valence-electron chi connectivity index (χ0n) is 14.9. The summed E-state index contributed by atoms with van der Waals surface area (Å²) in [7, 11) is 0. The second-order valence-electron chi connectivity index (χ2n) is 6.45. The number of para-hydroxylation sites is 2. The number of fused-ring (bicyclic) bond motifs is 1. The zero-order valence-corrected chi connectivity index (χ0v) is 15.7. The monoisotopic (exact) mass is 381 g/mol. The highest BCUT2D eigenvalue weighted by atomic mass is 32.2. The lowest BCUT2D eigenvalue weighted by atomic mass is 10.2. The molecule has 2 aliphatic heterocycles. The summed E-state index contributed by atoms with van der Waals surface area (Å²) < 4.78 is 0. The van der Waals surface area contributed by atoms with Crippen molar-refractivity contribution in [3.05, 3.63) is 54.6 Å². The van der Waals surface area contributed by atoms with Gasteiger partial charge in [-0.15, -0.1) is 11.8 Å². The van der Waals surface area contributed by atoms with Gasteiger partial charge in [0.15, 0.2) is 0 Å². The van der Waals surface area contributed by atoms with Crippen molar-refractivity contribution in [2.24, 2.45) is 0 Å². The quantitative estimate of drug-likeness (QED) is 0.767. The number of anilines is 2. The van der Waals surface area contributed by atoms with Crippen molar-refractivity contribution in [1.82, 2.24) is 4.90 Å². The molecule has 4 rings (SSSR count). The number of imide groups is 1. The van der Waals surface area contributed by atoms with Crippen molar-refractivity contribution in [1.29, 1.82) is 0 Å². The predicted octanol–water partition coefficient (Wildman–Crippen LogP) is 2.98. The van der Waals surface area contributed by atoms with Gasteiger partial charge in [0, 0.05) is 22.9 Å². The van der Waals surface area contributed by atoms with Gasteiger partial charge in [-0.3, -0.25) is 19.4 Å². The van der Waals surface area contributed by atoms with Crippen LogP contribution >= 0.6 is 11.8 Å². The number of rotatable bonds is 3. The van der Waals surface area contributed by atoms with Gasteiger partial charge in [0.1, 0.15) is 12.6 Å². The number of urea groups is 1. The number of nitrogens with zero attached hydrogens (tertiary/aromatic N) is 3. The highest BCUT2D eigenvalue weighted by molar-refractivity contribution is 7.99. The van der Waals surface area contributed by atoms with Gasteiger partial charge >= 0.3 is 6.03 Å². The molecule has 2 aromatic carbocycles. The van der Waals surface area contributed by atoms with E-state index in [1.54, 1.807) is 35.7 Å². The molecule has 27 heavy (non-hydrogen) atoms. The van der Waals surface area contributed by atoms with Crippen LogP contribution in [0, 0.1) is 0 Å². The molecule has 6 nitrogen and oxygen atoms in total. The highest BCUT2D eigenvalue weighted by Gasteiger charge is 2.44. The van der Waals surface area contributed by atoms with E-state index in [9.17, 15) is 14.4 Å². The summed E-state index contributed by atoms with van der Waals surface area (Å²) in [6, 6.07) is 15.7. The van der Waals surface area contributed by atoms with E-state index in [0.29, 0.717) is 12.2 Å². The smallest absolute Gasteiger partial charge is 0.309 e. The third kappa shape index (κ3) is 3.08. The number of hydrogen-bond acceptors (Lipinski definition) is 4. The van der Waals surface area contributed by atoms with Crippen LogP contribution in [0.1, 0.15) is 6.92 Å². The molecule has 2 heterocycles. The van der Waals surface area contributed by atoms with Gasteiger partial charge in [0.05, 0.1) is 5.69 Å². The van der Waals surface area contributed by atoms with Crippen molar-refractivity contribution in [2.75, 3.05) is 28.6 Å². The van der Waals surface area contributed by atoms with Crippen LogP contribution < -0.4 is 9.80 Å². The van der Waals surface area contributed by atoms with E-state index in [-0.39, 0.29) is 18.4 Å². The summed E-state index contributed by atoms with van der Waals surface area (Å²) in [6.45, 7) is 2.00. The average molecular weight is 381 g/mol. The van der Waals surface area contributed by atoms with Crippen molar-refractivity contribution in [2.45, 2.75) is 17.9 Å². The van der Waals surface area contributed by atoms with Gasteiger partial charge in [-0.05, 0) is 31.2 Å². The molecular weight excluding hydrogens is 362 g/mol. The number of thioether (sulfide) groups is 1. The van der Waals surface area contributed by atoms with Crippen molar-refractivity contribution in [3.63, 3.8) is 0 Å². The van der Waals surface area contributed by atoms with E-state index in [0.717, 1.165) is 21.2 Å². The molecule has 0 aliphatic carbocycles. The second-order valence-corrected chi connectivity index (χ2v) is 7.59. The highest BCUT2D eigenvalue weighted by Crippen LogP contribution is 2.34. The van der Waals surface area contributed by atoms with Crippen LogP contribution in [-0.2, 0) is 9.59 Å². The fourth-order valence-corrected chi connectivity index (χ4v) is 4.44. The van der Waals surface area contributed by atoms with E-state index in [1.807, 2.05) is 42.5 Å². The van der Waals surface area contributed by atoms with Crippen LogP contribution in [0.25, 0.3) is 0 Å². The number of carbonyl (C=O) groups is 3. The molecule has 4 amide bonds. The first-order chi connectivity index (χ1) is 13.1. The molecule has 138 valence electrons. The third-order valence-corrected chi connectivity index (χ3v) is 5.85. The Morgan fingerprint density at radius 3 is 2.56 bits per heavy atom. The minimum atomic E-state index is -0.628. The third-order valence-electron chi connectivity index (χ3n) is 4.81. The summed E-state index contributed by atoms with van der Waals surface area (Å²) >= 11 is 1.70. The van der Waals surface area contributed by atoms with Gasteiger partial charge in [-0.2, -0.15) is 0 Å². The Morgan fingerprint density at radius 2 is 1.78 bits per heavy atom. The Bertz CT molecular complexity index is 902. The maximum absolute atomic E-state index is 12.9. The Morgan fingerprint density at radius 1 is 1.07 bits per heavy atom. The van der Waals surface area contributed by atoms with Crippen LogP contribution in [0.15, 0.2) is 59.5 Å². The van der Waals surface area contributed by atoms with Crippen LogP contribution in [0.3, 0.4) is 0 Å². The van der Waals surface area contributed by atoms with Gasteiger partial charge in [0.2, 0.25) is 5.91 Å². The summed E-state index contributed by atoms with van der Waals surface area (Å²) in [5.74, 6) is 0.195. The Balaban J connectivity index is 1.55. The molecule has 7 heteroatoms. The van der Waals surface area contributed by atoms with E-state index in [2.05, 4.69) is 0 Å². The minimum absolute atomic E-state index is 0.244. The van der Waals surface area contributed by atoms with Crippen molar-refractivity contribution < 1.29 is 14.4 Å². The molecule has 0 N–H and O–H groups in total.